The first kappa shape index (κ1) is 36.4. The van der Waals surface area contributed by atoms with E-state index in [1.165, 1.54) is 97.1 Å². The molecule has 0 heterocycles. The van der Waals surface area contributed by atoms with Crippen LogP contribution in [0.5, 0.6) is 23.0 Å². The lowest BCUT2D eigenvalue weighted by Crippen LogP contribution is -2.04. The van der Waals surface area contributed by atoms with E-state index in [-0.39, 0.29) is 53.7 Å². The standard InChI is InChI=1S/C36H26O12S4/c37-49(38,29-7-3-1-4-8-29)31-17-13-27(14-18-31)47-33-21-11-25(23-35(33)51(41,42)43)26-12-22-34(36(24-26)52(44,45)46)48-28-15-19-32(20-16-28)50(39,40)30-9-5-2-6-10-30/h1-24H,(H,41,42,43)(H,44,45,46). The van der Waals surface area contributed by atoms with E-state index in [0.29, 0.717) is 0 Å². The summed E-state index contributed by atoms with van der Waals surface area (Å²) in [5, 5.41) is 0. The van der Waals surface area contributed by atoms with E-state index >= 15 is 0 Å². The van der Waals surface area contributed by atoms with Gasteiger partial charge in [-0.15, -0.1) is 0 Å². The second-order valence-corrected chi connectivity index (χ2v) is 17.7. The van der Waals surface area contributed by atoms with Crippen LogP contribution in [0.3, 0.4) is 0 Å². The van der Waals surface area contributed by atoms with Gasteiger partial charge < -0.3 is 9.47 Å². The van der Waals surface area contributed by atoms with Gasteiger partial charge in [-0.05, 0) is 108 Å². The Hall–Kier alpha value is -5.36. The fourth-order valence-corrected chi connectivity index (χ4v) is 8.89. The maximum absolute atomic E-state index is 12.9. The van der Waals surface area contributed by atoms with Crippen LogP contribution in [0.15, 0.2) is 175 Å². The van der Waals surface area contributed by atoms with Gasteiger partial charge in [0.2, 0.25) is 19.7 Å². The molecule has 16 heteroatoms. The molecule has 2 N–H and O–H groups in total. The number of ether oxygens (including phenoxy) is 2. The largest absolute Gasteiger partial charge is 0.456 e. The van der Waals surface area contributed by atoms with E-state index in [2.05, 4.69) is 0 Å². The molecule has 0 bridgehead atoms. The van der Waals surface area contributed by atoms with Crippen molar-refractivity contribution in [2.75, 3.05) is 0 Å². The van der Waals surface area contributed by atoms with Crippen molar-refractivity contribution < 1.29 is 52.3 Å². The highest BCUT2D eigenvalue weighted by molar-refractivity contribution is 7.91. The van der Waals surface area contributed by atoms with Crippen molar-refractivity contribution in [3.8, 4) is 34.1 Å². The molecule has 0 aliphatic heterocycles. The van der Waals surface area contributed by atoms with Gasteiger partial charge >= 0.3 is 0 Å². The van der Waals surface area contributed by atoms with E-state index in [1.807, 2.05) is 0 Å². The van der Waals surface area contributed by atoms with Crippen LogP contribution in [0.2, 0.25) is 0 Å². The molecular weight excluding hydrogens is 753 g/mol. The third-order valence-corrected chi connectivity index (χ3v) is 12.9. The van der Waals surface area contributed by atoms with Gasteiger partial charge in [0.1, 0.15) is 32.8 Å². The van der Waals surface area contributed by atoms with Crippen LogP contribution in [0.4, 0.5) is 0 Å². The quantitative estimate of drug-likeness (QED) is 0.127. The minimum absolute atomic E-state index is 0.0357. The number of hydrogen-bond acceptors (Lipinski definition) is 10. The fourth-order valence-electron chi connectivity index (χ4n) is 5.05. The first-order valence-corrected chi connectivity index (χ1v) is 20.8. The molecule has 0 radical (unpaired) electrons. The summed E-state index contributed by atoms with van der Waals surface area (Å²) in [6.45, 7) is 0. The molecule has 0 aromatic heterocycles. The molecule has 0 amide bonds. The van der Waals surface area contributed by atoms with Crippen LogP contribution in [0.25, 0.3) is 11.1 Å². The normalized spacial score (nSPS) is 12.3. The molecule has 6 aromatic rings. The summed E-state index contributed by atoms with van der Waals surface area (Å²) >= 11 is 0. The third-order valence-electron chi connectivity index (χ3n) is 7.61. The third kappa shape index (κ3) is 7.76. The molecule has 0 atom stereocenters. The van der Waals surface area contributed by atoms with Crippen molar-refractivity contribution in [3.63, 3.8) is 0 Å². The molecule has 266 valence electrons. The Morgan fingerprint density at radius 3 is 0.981 bits per heavy atom. The summed E-state index contributed by atoms with van der Waals surface area (Å²) < 4.78 is 133. The Labute approximate surface area is 299 Å². The van der Waals surface area contributed by atoms with E-state index in [9.17, 15) is 42.8 Å². The molecule has 0 fully saturated rings. The minimum atomic E-state index is -4.93. The molecule has 6 rings (SSSR count). The highest BCUT2D eigenvalue weighted by Crippen LogP contribution is 2.37. The first-order valence-electron chi connectivity index (χ1n) is 14.9. The van der Waals surface area contributed by atoms with Crippen molar-refractivity contribution in [3.05, 3.63) is 146 Å². The second-order valence-electron chi connectivity index (χ2n) is 11.1. The average Bonchev–Trinajstić information content (AvgIpc) is 3.12. The zero-order valence-corrected chi connectivity index (χ0v) is 29.7. The van der Waals surface area contributed by atoms with E-state index < -0.39 is 49.7 Å². The molecule has 52 heavy (non-hydrogen) atoms. The van der Waals surface area contributed by atoms with Gasteiger partial charge in [-0.1, -0.05) is 48.5 Å². The Balaban J connectivity index is 1.27. The molecular formula is C36H26O12S4. The maximum atomic E-state index is 12.9. The summed E-state index contributed by atoms with van der Waals surface area (Å²) in [5.74, 6) is -0.550. The van der Waals surface area contributed by atoms with Gasteiger partial charge in [-0.25, -0.2) is 16.8 Å². The maximum Gasteiger partial charge on any atom is 0.298 e. The predicted octanol–water partition coefficient (Wildman–Crippen LogP) is 7.10. The number of rotatable bonds is 11. The van der Waals surface area contributed by atoms with Crippen LogP contribution in [-0.4, -0.2) is 42.8 Å². The van der Waals surface area contributed by atoms with Gasteiger partial charge in [0.05, 0.1) is 19.6 Å². The molecule has 0 aliphatic rings. The zero-order chi connectivity index (χ0) is 37.3. The molecule has 0 unspecified atom stereocenters. The van der Waals surface area contributed by atoms with Gasteiger partial charge in [0.25, 0.3) is 20.2 Å². The second kappa shape index (κ2) is 14.0. The minimum Gasteiger partial charge on any atom is -0.456 e. The summed E-state index contributed by atoms with van der Waals surface area (Å²) in [4.78, 5) is -1.29. The predicted molar refractivity (Wildman–Crippen MR) is 188 cm³/mol. The molecule has 0 saturated carbocycles. The molecule has 0 spiro atoms. The van der Waals surface area contributed by atoms with Gasteiger partial charge in [-0.2, -0.15) is 16.8 Å². The van der Waals surface area contributed by atoms with Gasteiger partial charge in [-0.3, -0.25) is 9.11 Å². The van der Waals surface area contributed by atoms with Gasteiger partial charge in [0, 0.05) is 0 Å². The topological polar surface area (TPSA) is 195 Å². The summed E-state index contributed by atoms with van der Waals surface area (Å²) in [6.07, 6.45) is 0. The lowest BCUT2D eigenvalue weighted by Gasteiger charge is -2.14. The van der Waals surface area contributed by atoms with Crippen LogP contribution >= 0.6 is 0 Å². The van der Waals surface area contributed by atoms with Crippen molar-refractivity contribution in [2.24, 2.45) is 0 Å². The molecule has 12 nitrogen and oxygen atoms in total. The highest BCUT2D eigenvalue weighted by Gasteiger charge is 2.24. The van der Waals surface area contributed by atoms with E-state index in [1.54, 1.807) is 36.4 Å². The monoisotopic (exact) mass is 778 g/mol. The Morgan fingerprint density at radius 1 is 0.365 bits per heavy atom. The fraction of sp³-hybridized carbons (Fsp3) is 0. The van der Waals surface area contributed by atoms with E-state index in [0.717, 1.165) is 12.1 Å². The van der Waals surface area contributed by atoms with Crippen LogP contribution < -0.4 is 9.47 Å². The first-order chi connectivity index (χ1) is 24.5. The van der Waals surface area contributed by atoms with Crippen LogP contribution in [0, 0.1) is 0 Å². The van der Waals surface area contributed by atoms with Crippen molar-refractivity contribution in [2.45, 2.75) is 29.4 Å². The number of hydrogen-bond donors (Lipinski definition) is 2. The van der Waals surface area contributed by atoms with Crippen LogP contribution in [-0.2, 0) is 39.9 Å². The van der Waals surface area contributed by atoms with Crippen molar-refractivity contribution in [1.82, 2.24) is 0 Å². The van der Waals surface area contributed by atoms with E-state index in [4.69, 9.17) is 9.47 Å². The van der Waals surface area contributed by atoms with Crippen LogP contribution in [0.1, 0.15) is 0 Å². The summed E-state index contributed by atoms with van der Waals surface area (Å²) in [7, 11) is -17.5. The highest BCUT2D eigenvalue weighted by atomic mass is 32.2. The lowest BCUT2D eigenvalue weighted by molar-refractivity contribution is 0.447. The Morgan fingerprint density at radius 2 is 0.673 bits per heavy atom. The van der Waals surface area contributed by atoms with Crippen molar-refractivity contribution in [1.29, 1.82) is 0 Å². The summed E-state index contributed by atoms with van der Waals surface area (Å²) in [5.41, 5.74) is 0.187. The van der Waals surface area contributed by atoms with Gasteiger partial charge in [0.15, 0.2) is 0 Å². The number of benzene rings is 6. The molecule has 6 aromatic carbocycles. The van der Waals surface area contributed by atoms with Crippen molar-refractivity contribution >= 4 is 39.9 Å². The molecule has 0 aliphatic carbocycles. The lowest BCUT2D eigenvalue weighted by atomic mass is 10.1. The number of sulfone groups is 2. The average molecular weight is 779 g/mol. The Kier molecular flexibility index (Phi) is 9.80. The molecule has 0 saturated heterocycles. The summed E-state index contributed by atoms with van der Waals surface area (Å²) in [6, 6.07) is 33.0. The SMILES string of the molecule is O=S(=O)(O)c1cc(-c2ccc(Oc3ccc(S(=O)(=O)c4ccccc4)cc3)c(S(=O)(=O)O)c2)ccc1Oc1ccc(S(=O)(=O)c2ccccc2)cc1. The smallest absolute Gasteiger partial charge is 0.298 e. The zero-order valence-electron chi connectivity index (χ0n) is 26.5. The Bertz CT molecular complexity index is 2520.